The number of hydrogen-bond donors (Lipinski definition) is 1. The fraction of sp³-hybridized carbons (Fsp3) is 0.471. The Morgan fingerprint density at radius 2 is 1.86 bits per heavy atom. The van der Waals surface area contributed by atoms with Crippen LogP contribution in [0.2, 0.25) is 18.1 Å². The Kier molecular flexibility index (Phi) is 6.07. The zero-order valence-corrected chi connectivity index (χ0v) is 14.7. The number of carbonyl (C=O) groups excluding carboxylic acids is 1. The van der Waals surface area contributed by atoms with Crippen molar-refractivity contribution < 1.29 is 9.22 Å². The summed E-state index contributed by atoms with van der Waals surface area (Å²) >= 11 is 0. The standard InChI is InChI=1S/C17H27NO2Si/c1-17(2,3)21(4,5)20-13-15(18)11-12-16(19)14-9-7-6-8-10-14/h6-12,15H,13,18H2,1-5H3/b12-11+/t15-/m1/s1. The van der Waals surface area contributed by atoms with Gasteiger partial charge in [-0.2, -0.15) is 0 Å². The van der Waals surface area contributed by atoms with Crippen LogP contribution in [0.25, 0.3) is 0 Å². The molecule has 4 heteroatoms. The van der Waals surface area contributed by atoms with Crippen molar-refractivity contribution >= 4 is 14.1 Å². The molecule has 2 N–H and O–H groups in total. The Bertz CT molecular complexity index is 489. The van der Waals surface area contributed by atoms with Crippen molar-refractivity contribution in [2.75, 3.05) is 6.61 Å². The maximum atomic E-state index is 11.9. The smallest absolute Gasteiger partial charge is 0.192 e. The average Bonchev–Trinajstić information content (AvgIpc) is 2.42. The topological polar surface area (TPSA) is 52.3 Å². The summed E-state index contributed by atoms with van der Waals surface area (Å²) in [6, 6.07) is 8.92. The minimum absolute atomic E-state index is 0.0293. The third-order valence-electron chi connectivity index (χ3n) is 4.00. The fourth-order valence-electron chi connectivity index (χ4n) is 1.49. The van der Waals surface area contributed by atoms with Crippen molar-refractivity contribution in [1.82, 2.24) is 0 Å². The quantitative estimate of drug-likeness (QED) is 0.494. The molecule has 1 aromatic carbocycles. The predicted octanol–water partition coefficient (Wildman–Crippen LogP) is 3.77. The molecule has 0 bridgehead atoms. The maximum Gasteiger partial charge on any atom is 0.192 e. The van der Waals surface area contributed by atoms with E-state index in [1.165, 1.54) is 6.08 Å². The molecule has 0 unspecified atom stereocenters. The molecule has 21 heavy (non-hydrogen) atoms. The minimum atomic E-state index is -1.79. The first-order valence-electron chi connectivity index (χ1n) is 7.30. The lowest BCUT2D eigenvalue weighted by Crippen LogP contribution is -2.43. The number of hydrogen-bond acceptors (Lipinski definition) is 3. The molecular formula is C17H27NO2Si. The van der Waals surface area contributed by atoms with E-state index in [4.69, 9.17) is 10.2 Å². The SMILES string of the molecule is CC(C)(C)[Si](C)(C)OC[C@H](N)/C=C/C(=O)c1ccccc1. The highest BCUT2D eigenvalue weighted by Crippen LogP contribution is 2.36. The molecule has 0 aliphatic carbocycles. The number of nitrogens with two attached hydrogens (primary N) is 1. The van der Waals surface area contributed by atoms with E-state index in [1.54, 1.807) is 18.2 Å². The first-order chi connectivity index (χ1) is 9.63. The molecule has 1 aromatic rings. The number of benzene rings is 1. The van der Waals surface area contributed by atoms with Crippen LogP contribution in [-0.2, 0) is 4.43 Å². The highest BCUT2D eigenvalue weighted by molar-refractivity contribution is 6.74. The largest absolute Gasteiger partial charge is 0.415 e. The van der Waals surface area contributed by atoms with E-state index in [-0.39, 0.29) is 16.9 Å². The van der Waals surface area contributed by atoms with Gasteiger partial charge in [0.25, 0.3) is 0 Å². The van der Waals surface area contributed by atoms with Gasteiger partial charge in [0.05, 0.1) is 6.61 Å². The summed E-state index contributed by atoms with van der Waals surface area (Å²) in [5, 5.41) is 0.163. The van der Waals surface area contributed by atoms with Crippen molar-refractivity contribution in [3.05, 3.63) is 48.0 Å². The number of rotatable bonds is 6. The molecular weight excluding hydrogens is 278 g/mol. The number of ketones is 1. The van der Waals surface area contributed by atoms with E-state index < -0.39 is 8.32 Å². The van der Waals surface area contributed by atoms with Crippen molar-refractivity contribution in [3.8, 4) is 0 Å². The van der Waals surface area contributed by atoms with E-state index in [1.807, 2.05) is 18.2 Å². The van der Waals surface area contributed by atoms with Crippen LogP contribution in [0.4, 0.5) is 0 Å². The lowest BCUT2D eigenvalue weighted by atomic mass is 10.1. The summed E-state index contributed by atoms with van der Waals surface area (Å²) in [5.74, 6) is -0.0293. The van der Waals surface area contributed by atoms with E-state index in [2.05, 4.69) is 33.9 Å². The van der Waals surface area contributed by atoms with Crippen molar-refractivity contribution in [3.63, 3.8) is 0 Å². The van der Waals surface area contributed by atoms with Gasteiger partial charge in [0.1, 0.15) is 0 Å². The van der Waals surface area contributed by atoms with Crippen LogP contribution in [0.1, 0.15) is 31.1 Å². The molecule has 0 aliphatic heterocycles. The van der Waals surface area contributed by atoms with Crippen LogP contribution in [0.5, 0.6) is 0 Å². The molecule has 1 atom stereocenters. The second-order valence-electron chi connectivity index (χ2n) is 6.82. The first kappa shape index (κ1) is 17.8. The zero-order chi connectivity index (χ0) is 16.1. The second kappa shape index (κ2) is 7.16. The molecule has 0 fully saturated rings. The van der Waals surface area contributed by atoms with E-state index in [0.717, 1.165) is 0 Å². The highest BCUT2D eigenvalue weighted by Gasteiger charge is 2.37. The van der Waals surface area contributed by atoms with Crippen molar-refractivity contribution in [2.45, 2.75) is 44.9 Å². The van der Waals surface area contributed by atoms with Crippen molar-refractivity contribution in [2.24, 2.45) is 5.73 Å². The van der Waals surface area contributed by atoms with Gasteiger partial charge < -0.3 is 10.2 Å². The lowest BCUT2D eigenvalue weighted by molar-refractivity contribution is 0.104. The van der Waals surface area contributed by atoms with Crippen LogP contribution in [0.15, 0.2) is 42.5 Å². The Morgan fingerprint density at radius 1 is 1.29 bits per heavy atom. The summed E-state index contributed by atoms with van der Waals surface area (Å²) < 4.78 is 6.05. The van der Waals surface area contributed by atoms with E-state index >= 15 is 0 Å². The maximum absolute atomic E-state index is 11.9. The summed E-state index contributed by atoms with van der Waals surface area (Å²) in [5.41, 5.74) is 6.68. The van der Waals surface area contributed by atoms with Crippen LogP contribution >= 0.6 is 0 Å². The van der Waals surface area contributed by atoms with Gasteiger partial charge in [-0.15, -0.1) is 0 Å². The first-order valence-corrected chi connectivity index (χ1v) is 10.2. The third kappa shape index (κ3) is 5.57. The Balaban J connectivity index is 2.53. The van der Waals surface area contributed by atoms with Gasteiger partial charge in [0, 0.05) is 11.6 Å². The molecule has 0 radical (unpaired) electrons. The summed E-state index contributed by atoms with van der Waals surface area (Å²) in [6.07, 6.45) is 3.26. The molecule has 1 rings (SSSR count). The van der Waals surface area contributed by atoms with E-state index in [9.17, 15) is 4.79 Å². The number of carbonyl (C=O) groups is 1. The summed E-state index contributed by atoms with van der Waals surface area (Å²) in [4.78, 5) is 11.9. The minimum Gasteiger partial charge on any atom is -0.415 e. The third-order valence-corrected chi connectivity index (χ3v) is 8.50. The summed E-state index contributed by atoms with van der Waals surface area (Å²) in [6.45, 7) is 11.4. The number of allylic oxidation sites excluding steroid dienone is 1. The summed E-state index contributed by atoms with van der Waals surface area (Å²) in [7, 11) is -1.79. The van der Waals surface area contributed by atoms with Gasteiger partial charge in [-0.05, 0) is 24.2 Å². The molecule has 0 saturated heterocycles. The van der Waals surface area contributed by atoms with Crippen molar-refractivity contribution in [1.29, 1.82) is 0 Å². The molecule has 0 aliphatic rings. The molecule has 0 saturated carbocycles. The average molecular weight is 305 g/mol. The molecule has 0 spiro atoms. The lowest BCUT2D eigenvalue weighted by Gasteiger charge is -2.36. The van der Waals surface area contributed by atoms with E-state index in [0.29, 0.717) is 12.2 Å². The van der Waals surface area contributed by atoms with Crippen LogP contribution in [-0.4, -0.2) is 26.7 Å². The molecule has 0 heterocycles. The normalized spacial score (nSPS) is 14.4. The Morgan fingerprint density at radius 3 is 2.38 bits per heavy atom. The van der Waals surface area contributed by atoms with Gasteiger partial charge in [-0.3, -0.25) is 4.79 Å². The van der Waals surface area contributed by atoms with Gasteiger partial charge in [-0.25, -0.2) is 0 Å². The highest BCUT2D eigenvalue weighted by atomic mass is 28.4. The Hall–Kier alpha value is -1.23. The van der Waals surface area contributed by atoms with Gasteiger partial charge in [0.2, 0.25) is 0 Å². The van der Waals surface area contributed by atoms with Gasteiger partial charge in [0.15, 0.2) is 14.1 Å². The molecule has 0 aromatic heterocycles. The fourth-order valence-corrected chi connectivity index (χ4v) is 2.53. The molecule has 0 amide bonds. The van der Waals surface area contributed by atoms with Crippen LogP contribution < -0.4 is 5.73 Å². The second-order valence-corrected chi connectivity index (χ2v) is 11.6. The molecule has 3 nitrogen and oxygen atoms in total. The van der Waals surface area contributed by atoms with Gasteiger partial charge in [-0.1, -0.05) is 57.2 Å². The molecule has 116 valence electrons. The van der Waals surface area contributed by atoms with Crippen LogP contribution in [0, 0.1) is 0 Å². The monoisotopic (exact) mass is 305 g/mol. The van der Waals surface area contributed by atoms with Crippen LogP contribution in [0.3, 0.4) is 0 Å². The zero-order valence-electron chi connectivity index (χ0n) is 13.7. The Labute approximate surface area is 129 Å². The predicted molar refractivity (Wildman–Crippen MR) is 91.0 cm³/mol. The van der Waals surface area contributed by atoms with Gasteiger partial charge >= 0.3 is 0 Å².